The van der Waals surface area contributed by atoms with Crippen molar-refractivity contribution in [3.8, 4) is 11.8 Å². The number of aryl methyl sites for hydroxylation is 1. The lowest BCUT2D eigenvalue weighted by Gasteiger charge is -2.12. The zero-order valence-electron chi connectivity index (χ0n) is 11.8. The molecular weight excluding hydrogens is 248 g/mol. The van der Waals surface area contributed by atoms with Crippen molar-refractivity contribution in [2.45, 2.75) is 20.1 Å². The molecule has 20 heavy (non-hydrogen) atoms. The molecule has 2 rings (SSSR count). The van der Waals surface area contributed by atoms with Gasteiger partial charge in [-0.25, -0.2) is 0 Å². The van der Waals surface area contributed by atoms with Crippen LogP contribution in [0.4, 0.5) is 0 Å². The molecular formula is C17H18N2O. The van der Waals surface area contributed by atoms with Crippen molar-refractivity contribution in [1.29, 1.82) is 5.26 Å². The SMILES string of the molecule is CNCc1ccccc1OCc1ccc(C#N)cc1C. The molecule has 0 fully saturated rings. The van der Waals surface area contributed by atoms with Crippen LogP contribution in [0.3, 0.4) is 0 Å². The summed E-state index contributed by atoms with van der Waals surface area (Å²) < 4.78 is 5.91. The highest BCUT2D eigenvalue weighted by molar-refractivity contribution is 5.38. The molecule has 0 radical (unpaired) electrons. The summed E-state index contributed by atoms with van der Waals surface area (Å²) in [5.74, 6) is 0.894. The normalized spacial score (nSPS) is 10.1. The van der Waals surface area contributed by atoms with E-state index in [2.05, 4.69) is 17.5 Å². The smallest absolute Gasteiger partial charge is 0.124 e. The lowest BCUT2D eigenvalue weighted by atomic mass is 10.1. The molecule has 2 aromatic carbocycles. The van der Waals surface area contributed by atoms with E-state index in [1.54, 1.807) is 0 Å². The summed E-state index contributed by atoms with van der Waals surface area (Å²) in [7, 11) is 1.92. The van der Waals surface area contributed by atoms with Crippen molar-refractivity contribution in [2.24, 2.45) is 0 Å². The quantitative estimate of drug-likeness (QED) is 0.904. The molecule has 0 heterocycles. The molecule has 0 bridgehead atoms. The van der Waals surface area contributed by atoms with Gasteiger partial charge in [-0.05, 0) is 43.3 Å². The Hall–Kier alpha value is -2.31. The molecule has 102 valence electrons. The second-order valence-corrected chi connectivity index (χ2v) is 4.68. The number of nitrogens with one attached hydrogen (secondary N) is 1. The van der Waals surface area contributed by atoms with Crippen LogP contribution in [0.2, 0.25) is 0 Å². The third-order valence-electron chi connectivity index (χ3n) is 3.19. The fraction of sp³-hybridized carbons (Fsp3) is 0.235. The molecule has 3 nitrogen and oxygen atoms in total. The van der Waals surface area contributed by atoms with Crippen LogP contribution in [0.25, 0.3) is 0 Å². The van der Waals surface area contributed by atoms with Crippen LogP contribution in [0.5, 0.6) is 5.75 Å². The van der Waals surface area contributed by atoms with Crippen molar-refractivity contribution < 1.29 is 4.74 Å². The van der Waals surface area contributed by atoms with Crippen molar-refractivity contribution in [1.82, 2.24) is 5.32 Å². The van der Waals surface area contributed by atoms with Gasteiger partial charge in [0.25, 0.3) is 0 Å². The van der Waals surface area contributed by atoms with Gasteiger partial charge in [-0.15, -0.1) is 0 Å². The molecule has 0 unspecified atom stereocenters. The average Bonchev–Trinajstić information content (AvgIpc) is 2.47. The predicted octanol–water partition coefficient (Wildman–Crippen LogP) is 3.17. The molecule has 0 aliphatic heterocycles. The van der Waals surface area contributed by atoms with Crippen molar-refractivity contribution in [3.05, 3.63) is 64.7 Å². The third kappa shape index (κ3) is 3.37. The van der Waals surface area contributed by atoms with Crippen LogP contribution in [0.15, 0.2) is 42.5 Å². The molecule has 0 aromatic heterocycles. The summed E-state index contributed by atoms with van der Waals surface area (Å²) in [5, 5.41) is 12.0. The number of benzene rings is 2. The Labute approximate surface area is 119 Å². The topological polar surface area (TPSA) is 45.0 Å². The molecule has 0 amide bonds. The van der Waals surface area contributed by atoms with Crippen molar-refractivity contribution in [2.75, 3.05) is 7.05 Å². The Morgan fingerprint density at radius 2 is 1.95 bits per heavy atom. The largest absolute Gasteiger partial charge is 0.489 e. The Kier molecular flexibility index (Phi) is 4.75. The van der Waals surface area contributed by atoms with E-state index in [0.29, 0.717) is 12.2 Å². The Morgan fingerprint density at radius 3 is 2.65 bits per heavy atom. The van der Waals surface area contributed by atoms with Crippen LogP contribution in [0, 0.1) is 18.3 Å². The van der Waals surface area contributed by atoms with Crippen molar-refractivity contribution >= 4 is 0 Å². The minimum Gasteiger partial charge on any atom is -0.489 e. The zero-order chi connectivity index (χ0) is 14.4. The van der Waals surface area contributed by atoms with E-state index in [0.717, 1.165) is 29.0 Å². The highest BCUT2D eigenvalue weighted by Gasteiger charge is 2.04. The van der Waals surface area contributed by atoms with Gasteiger partial charge in [0.15, 0.2) is 0 Å². The number of nitrogens with zero attached hydrogens (tertiary/aromatic N) is 1. The summed E-state index contributed by atoms with van der Waals surface area (Å²) in [5.41, 5.74) is 4.00. The van der Waals surface area contributed by atoms with Gasteiger partial charge < -0.3 is 10.1 Å². The van der Waals surface area contributed by atoms with E-state index in [-0.39, 0.29) is 0 Å². The van der Waals surface area contributed by atoms with E-state index < -0.39 is 0 Å². The first kappa shape index (κ1) is 14.1. The molecule has 0 saturated carbocycles. The van der Waals surface area contributed by atoms with Gasteiger partial charge in [-0.1, -0.05) is 24.3 Å². The minimum absolute atomic E-state index is 0.512. The Morgan fingerprint density at radius 1 is 1.15 bits per heavy atom. The fourth-order valence-corrected chi connectivity index (χ4v) is 2.06. The predicted molar refractivity (Wildman–Crippen MR) is 79.4 cm³/mol. The number of hydrogen-bond donors (Lipinski definition) is 1. The molecule has 2 aromatic rings. The molecule has 0 aliphatic rings. The number of para-hydroxylation sites is 1. The van der Waals surface area contributed by atoms with E-state index in [1.165, 1.54) is 0 Å². The van der Waals surface area contributed by atoms with Crippen LogP contribution in [0.1, 0.15) is 22.3 Å². The van der Waals surface area contributed by atoms with Crippen molar-refractivity contribution in [3.63, 3.8) is 0 Å². The molecule has 0 saturated heterocycles. The van der Waals surface area contributed by atoms with E-state index in [4.69, 9.17) is 10.00 Å². The maximum atomic E-state index is 8.87. The number of ether oxygens (including phenoxy) is 1. The van der Waals surface area contributed by atoms with Gasteiger partial charge >= 0.3 is 0 Å². The van der Waals surface area contributed by atoms with Crippen LogP contribution >= 0.6 is 0 Å². The molecule has 0 spiro atoms. The molecule has 0 aliphatic carbocycles. The summed E-state index contributed by atoms with van der Waals surface area (Å²) in [6.07, 6.45) is 0. The van der Waals surface area contributed by atoms with Gasteiger partial charge in [0.2, 0.25) is 0 Å². The Balaban J connectivity index is 2.11. The first-order valence-corrected chi connectivity index (χ1v) is 6.59. The van der Waals surface area contributed by atoms with Gasteiger partial charge in [-0.2, -0.15) is 5.26 Å². The van der Waals surface area contributed by atoms with E-state index in [1.807, 2.05) is 50.4 Å². The number of rotatable bonds is 5. The molecule has 3 heteroatoms. The van der Waals surface area contributed by atoms with Gasteiger partial charge in [0.1, 0.15) is 12.4 Å². The fourth-order valence-electron chi connectivity index (χ4n) is 2.06. The summed E-state index contributed by atoms with van der Waals surface area (Å²) in [6, 6.07) is 15.8. The molecule has 0 atom stereocenters. The summed E-state index contributed by atoms with van der Waals surface area (Å²) in [4.78, 5) is 0. The lowest BCUT2D eigenvalue weighted by Crippen LogP contribution is -2.07. The van der Waals surface area contributed by atoms with Gasteiger partial charge in [-0.3, -0.25) is 0 Å². The first-order valence-electron chi connectivity index (χ1n) is 6.59. The standard InChI is InChI=1S/C17H18N2O/c1-13-9-14(10-18)7-8-16(13)12-20-17-6-4-3-5-15(17)11-19-2/h3-9,19H,11-12H2,1-2H3. The van der Waals surface area contributed by atoms with Crippen LogP contribution < -0.4 is 10.1 Å². The van der Waals surface area contributed by atoms with Gasteiger partial charge in [0.05, 0.1) is 11.6 Å². The van der Waals surface area contributed by atoms with Crippen LogP contribution in [-0.4, -0.2) is 7.05 Å². The second-order valence-electron chi connectivity index (χ2n) is 4.68. The zero-order valence-corrected chi connectivity index (χ0v) is 11.8. The maximum absolute atomic E-state index is 8.87. The van der Waals surface area contributed by atoms with E-state index >= 15 is 0 Å². The summed E-state index contributed by atoms with van der Waals surface area (Å²) >= 11 is 0. The highest BCUT2D eigenvalue weighted by atomic mass is 16.5. The average molecular weight is 266 g/mol. The minimum atomic E-state index is 0.512. The highest BCUT2D eigenvalue weighted by Crippen LogP contribution is 2.20. The molecule has 1 N–H and O–H groups in total. The first-order chi connectivity index (χ1) is 9.74. The third-order valence-corrected chi connectivity index (χ3v) is 3.19. The Bertz CT molecular complexity index is 629. The van der Waals surface area contributed by atoms with Gasteiger partial charge in [0, 0.05) is 12.1 Å². The summed E-state index contributed by atoms with van der Waals surface area (Å²) in [6.45, 7) is 3.29. The second kappa shape index (κ2) is 6.74. The number of hydrogen-bond acceptors (Lipinski definition) is 3. The van der Waals surface area contributed by atoms with E-state index in [9.17, 15) is 0 Å². The number of nitriles is 1. The lowest BCUT2D eigenvalue weighted by molar-refractivity contribution is 0.301. The maximum Gasteiger partial charge on any atom is 0.124 e. The van der Waals surface area contributed by atoms with Crippen LogP contribution in [-0.2, 0) is 13.2 Å². The monoisotopic (exact) mass is 266 g/mol.